The summed E-state index contributed by atoms with van der Waals surface area (Å²) in [6.45, 7) is -0.519. The van der Waals surface area contributed by atoms with Crippen molar-refractivity contribution in [2.45, 2.75) is 0 Å². The van der Waals surface area contributed by atoms with Gasteiger partial charge in [0.05, 0.1) is 30.1 Å². The third-order valence-corrected chi connectivity index (χ3v) is 5.78. The summed E-state index contributed by atoms with van der Waals surface area (Å²) in [5.74, 6) is -1.17. The highest BCUT2D eigenvalue weighted by Crippen LogP contribution is 2.28. The second-order valence-corrected chi connectivity index (χ2v) is 8.99. The second kappa shape index (κ2) is 8.06. The average molecular weight is 455 g/mol. The van der Waals surface area contributed by atoms with Crippen molar-refractivity contribution in [3.05, 3.63) is 64.3 Å². The zero-order chi connectivity index (χ0) is 21.3. The molecule has 2 aromatic carbocycles. The molecule has 10 heteroatoms. The van der Waals surface area contributed by atoms with Gasteiger partial charge < -0.3 is 4.74 Å². The number of methoxy groups -OCH3 is 1. The number of carbonyl (C=O) groups is 2. The van der Waals surface area contributed by atoms with Gasteiger partial charge in [-0.2, -0.15) is 0 Å². The van der Waals surface area contributed by atoms with Gasteiger partial charge in [-0.25, -0.2) is 13.2 Å². The third kappa shape index (κ3) is 4.39. The highest BCUT2D eigenvalue weighted by atomic mass is 35.5. The fourth-order valence-electron chi connectivity index (χ4n) is 2.94. The number of ether oxygens (including phenoxy) is 1. The maximum Gasteiger partial charge on any atom is 0.340 e. The van der Waals surface area contributed by atoms with Crippen LogP contribution in [0.1, 0.15) is 15.2 Å². The zero-order valence-corrected chi connectivity index (χ0v) is 17.8. The van der Waals surface area contributed by atoms with Gasteiger partial charge in [0.25, 0.3) is 5.91 Å². The Bertz CT molecular complexity index is 1200. The Morgan fingerprint density at radius 2 is 1.72 bits per heavy atom. The molecular weight excluding hydrogens is 439 g/mol. The molecular formula is C19H16Cl2N2O5S. The first kappa shape index (κ1) is 21.2. The summed E-state index contributed by atoms with van der Waals surface area (Å²) >= 11 is 12.0. The van der Waals surface area contributed by atoms with Crippen molar-refractivity contribution in [2.75, 3.05) is 24.2 Å². The summed E-state index contributed by atoms with van der Waals surface area (Å²) in [5.41, 5.74) is 0.812. The quantitative estimate of drug-likeness (QED) is 0.546. The number of aromatic nitrogens is 1. The van der Waals surface area contributed by atoms with Crippen molar-refractivity contribution in [3.8, 4) is 0 Å². The normalized spacial score (nSPS) is 11.4. The lowest BCUT2D eigenvalue weighted by Gasteiger charge is -2.22. The van der Waals surface area contributed by atoms with Gasteiger partial charge in [-0.3, -0.25) is 13.7 Å². The SMILES string of the molecule is COC(=O)c1cn(C(=O)CN(c2cc(Cl)cc(Cl)c2)S(C)(=O)=O)c2ccccc12. The molecule has 0 fully saturated rings. The Labute approximate surface area is 177 Å². The molecule has 1 aromatic heterocycles. The number of hydrogen-bond acceptors (Lipinski definition) is 5. The van der Waals surface area contributed by atoms with Crippen LogP contribution in [0.15, 0.2) is 48.7 Å². The van der Waals surface area contributed by atoms with Crippen LogP contribution in [0.2, 0.25) is 10.0 Å². The first-order chi connectivity index (χ1) is 13.6. The van der Waals surface area contributed by atoms with Crippen LogP contribution in [-0.2, 0) is 14.8 Å². The van der Waals surface area contributed by atoms with E-state index in [2.05, 4.69) is 0 Å². The topological polar surface area (TPSA) is 85.7 Å². The molecule has 0 unspecified atom stereocenters. The number of esters is 1. The minimum atomic E-state index is -3.83. The predicted molar refractivity (Wildman–Crippen MR) is 113 cm³/mol. The highest BCUT2D eigenvalue weighted by molar-refractivity contribution is 7.92. The number of nitrogens with zero attached hydrogens (tertiary/aromatic N) is 2. The van der Waals surface area contributed by atoms with Crippen molar-refractivity contribution in [3.63, 3.8) is 0 Å². The number of carbonyl (C=O) groups excluding carboxylic acids is 2. The molecule has 0 radical (unpaired) electrons. The summed E-state index contributed by atoms with van der Waals surface area (Å²) in [6, 6.07) is 11.0. The molecule has 3 aromatic rings. The average Bonchev–Trinajstić information content (AvgIpc) is 3.03. The van der Waals surface area contributed by atoms with Crippen molar-refractivity contribution in [2.24, 2.45) is 0 Å². The van der Waals surface area contributed by atoms with Crippen LogP contribution < -0.4 is 4.31 Å². The van der Waals surface area contributed by atoms with Crippen LogP contribution in [0.4, 0.5) is 5.69 Å². The predicted octanol–water partition coefficient (Wildman–Crippen LogP) is 3.84. The molecule has 29 heavy (non-hydrogen) atoms. The number of halogens is 2. The number of anilines is 1. The maximum atomic E-state index is 13.0. The van der Waals surface area contributed by atoms with Crippen molar-refractivity contribution in [1.82, 2.24) is 4.57 Å². The number of benzene rings is 2. The summed E-state index contributed by atoms with van der Waals surface area (Å²) in [5, 5.41) is 0.977. The summed E-state index contributed by atoms with van der Waals surface area (Å²) in [7, 11) is -2.59. The Morgan fingerprint density at radius 3 is 2.31 bits per heavy atom. The van der Waals surface area contributed by atoms with Crippen molar-refractivity contribution < 1.29 is 22.7 Å². The molecule has 7 nitrogen and oxygen atoms in total. The third-order valence-electron chi connectivity index (χ3n) is 4.20. The van der Waals surface area contributed by atoms with Crippen LogP contribution in [0.3, 0.4) is 0 Å². The van der Waals surface area contributed by atoms with Crippen LogP contribution in [0.25, 0.3) is 10.9 Å². The number of sulfonamides is 1. The van der Waals surface area contributed by atoms with Gasteiger partial charge in [0.1, 0.15) is 6.54 Å². The van der Waals surface area contributed by atoms with Gasteiger partial charge in [-0.05, 0) is 24.3 Å². The minimum Gasteiger partial charge on any atom is -0.465 e. The molecule has 152 valence electrons. The molecule has 0 saturated carbocycles. The lowest BCUT2D eigenvalue weighted by molar-refractivity contribution is 0.0603. The minimum absolute atomic E-state index is 0.156. The van der Waals surface area contributed by atoms with Crippen LogP contribution in [-0.4, -0.2) is 44.8 Å². The Hall–Kier alpha value is -2.55. The lowest BCUT2D eigenvalue weighted by Crippen LogP contribution is -2.36. The van der Waals surface area contributed by atoms with E-state index in [4.69, 9.17) is 27.9 Å². The standard InChI is InChI=1S/C19H16Cl2N2O5S/c1-28-19(25)16-10-22(17-6-4-3-5-15(16)17)18(24)11-23(29(2,26)27)14-8-12(20)7-13(21)9-14/h3-10H,11H2,1-2H3. The largest absolute Gasteiger partial charge is 0.465 e. The van der Waals surface area contributed by atoms with E-state index in [1.807, 2.05) is 0 Å². The summed E-state index contributed by atoms with van der Waals surface area (Å²) in [4.78, 5) is 25.1. The van der Waals surface area contributed by atoms with E-state index in [0.29, 0.717) is 10.9 Å². The van der Waals surface area contributed by atoms with E-state index in [0.717, 1.165) is 10.6 Å². The molecule has 0 aliphatic rings. The Kier molecular flexibility index (Phi) is 5.88. The molecule has 0 spiro atoms. The molecule has 1 heterocycles. The van der Waals surface area contributed by atoms with E-state index in [1.165, 1.54) is 36.1 Å². The Morgan fingerprint density at radius 1 is 1.10 bits per heavy atom. The van der Waals surface area contributed by atoms with Gasteiger partial charge in [-0.1, -0.05) is 41.4 Å². The molecule has 3 rings (SSSR count). The number of para-hydroxylation sites is 1. The highest BCUT2D eigenvalue weighted by Gasteiger charge is 2.25. The van der Waals surface area contributed by atoms with Crippen LogP contribution in [0, 0.1) is 0 Å². The van der Waals surface area contributed by atoms with E-state index in [-0.39, 0.29) is 21.3 Å². The smallest absolute Gasteiger partial charge is 0.340 e. The Balaban J connectivity index is 2.07. The molecule has 0 aliphatic heterocycles. The first-order valence-corrected chi connectivity index (χ1v) is 10.9. The van der Waals surface area contributed by atoms with Crippen LogP contribution >= 0.6 is 23.2 Å². The molecule has 0 bridgehead atoms. The van der Waals surface area contributed by atoms with E-state index >= 15 is 0 Å². The van der Waals surface area contributed by atoms with Gasteiger partial charge in [0.15, 0.2) is 0 Å². The molecule has 0 aliphatic carbocycles. The van der Waals surface area contributed by atoms with E-state index < -0.39 is 28.4 Å². The first-order valence-electron chi connectivity index (χ1n) is 8.27. The van der Waals surface area contributed by atoms with Gasteiger partial charge >= 0.3 is 5.97 Å². The van der Waals surface area contributed by atoms with Gasteiger partial charge in [0.2, 0.25) is 10.0 Å². The van der Waals surface area contributed by atoms with Crippen molar-refractivity contribution in [1.29, 1.82) is 0 Å². The van der Waals surface area contributed by atoms with Gasteiger partial charge in [-0.15, -0.1) is 0 Å². The van der Waals surface area contributed by atoms with Crippen LogP contribution in [0.5, 0.6) is 0 Å². The fraction of sp³-hybridized carbons (Fsp3) is 0.158. The summed E-state index contributed by atoms with van der Waals surface area (Å²) < 4.78 is 31.6. The molecule has 0 N–H and O–H groups in total. The number of rotatable bonds is 5. The summed E-state index contributed by atoms with van der Waals surface area (Å²) in [6.07, 6.45) is 2.31. The monoisotopic (exact) mass is 454 g/mol. The van der Waals surface area contributed by atoms with E-state index in [9.17, 15) is 18.0 Å². The maximum absolute atomic E-state index is 13.0. The molecule has 0 atom stereocenters. The fourth-order valence-corrected chi connectivity index (χ4v) is 4.29. The van der Waals surface area contributed by atoms with Crippen molar-refractivity contribution >= 4 is 61.7 Å². The zero-order valence-electron chi connectivity index (χ0n) is 15.4. The number of hydrogen-bond donors (Lipinski definition) is 0. The molecule has 0 saturated heterocycles. The second-order valence-electron chi connectivity index (χ2n) is 6.21. The van der Waals surface area contributed by atoms with Gasteiger partial charge in [0, 0.05) is 21.6 Å². The lowest BCUT2D eigenvalue weighted by atomic mass is 10.2. The molecule has 0 amide bonds. The van der Waals surface area contributed by atoms with E-state index in [1.54, 1.807) is 24.3 Å². The number of fused-ring (bicyclic) bond motifs is 1.